The molecular weight excluding hydrogens is 300 g/mol. The molecule has 2 N–H and O–H groups in total. The molecule has 1 aromatic carbocycles. The van der Waals surface area contributed by atoms with E-state index in [1.165, 1.54) is 6.07 Å². The van der Waals surface area contributed by atoms with E-state index in [1.54, 1.807) is 12.1 Å². The summed E-state index contributed by atoms with van der Waals surface area (Å²) >= 11 is 3.21. The van der Waals surface area contributed by atoms with E-state index in [2.05, 4.69) is 21.2 Å². The minimum absolute atomic E-state index is 0.00380. The number of nitrogens with one attached hydrogen (secondary N) is 1. The Labute approximate surface area is 114 Å². The standard InChI is InChI=1S/C12H17BrN2O3/c1-3-12(4-2,8-16)14-10-6-5-9(13)7-11(10)15(17)18/h5-7,14,16H,3-4,8H2,1-2H3. The summed E-state index contributed by atoms with van der Waals surface area (Å²) in [6, 6.07) is 4.84. The van der Waals surface area contributed by atoms with Gasteiger partial charge in [-0.2, -0.15) is 0 Å². The molecule has 0 aliphatic heterocycles. The van der Waals surface area contributed by atoms with Gasteiger partial charge in [-0.3, -0.25) is 10.1 Å². The van der Waals surface area contributed by atoms with E-state index in [9.17, 15) is 15.2 Å². The number of halogens is 1. The molecule has 0 heterocycles. The lowest BCUT2D eigenvalue weighted by molar-refractivity contribution is -0.384. The largest absolute Gasteiger partial charge is 0.394 e. The van der Waals surface area contributed by atoms with E-state index in [0.717, 1.165) is 0 Å². The monoisotopic (exact) mass is 316 g/mol. The fraction of sp³-hybridized carbons (Fsp3) is 0.500. The van der Waals surface area contributed by atoms with Gasteiger partial charge in [0, 0.05) is 10.5 Å². The SMILES string of the molecule is CCC(CC)(CO)Nc1ccc(Br)cc1[N+](=O)[O-]. The number of aliphatic hydroxyl groups is 1. The number of nitro groups is 1. The van der Waals surface area contributed by atoms with Gasteiger partial charge in [0.15, 0.2) is 0 Å². The van der Waals surface area contributed by atoms with Gasteiger partial charge in [-0.1, -0.05) is 29.8 Å². The normalized spacial score (nSPS) is 11.3. The van der Waals surface area contributed by atoms with Crippen LogP contribution in [0.15, 0.2) is 22.7 Å². The molecule has 0 amide bonds. The number of benzene rings is 1. The minimum Gasteiger partial charge on any atom is -0.394 e. The second kappa shape index (κ2) is 6.15. The zero-order valence-electron chi connectivity index (χ0n) is 10.4. The summed E-state index contributed by atoms with van der Waals surface area (Å²) in [5.41, 5.74) is -0.0801. The first-order valence-corrected chi connectivity index (χ1v) is 6.60. The van der Waals surface area contributed by atoms with Gasteiger partial charge in [0.1, 0.15) is 5.69 Å². The quantitative estimate of drug-likeness (QED) is 0.623. The number of hydrogen-bond donors (Lipinski definition) is 2. The number of anilines is 1. The fourth-order valence-corrected chi connectivity index (χ4v) is 2.09. The second-order valence-corrected chi connectivity index (χ2v) is 5.10. The van der Waals surface area contributed by atoms with Crippen LogP contribution in [0.1, 0.15) is 26.7 Å². The van der Waals surface area contributed by atoms with Crippen LogP contribution in [0.4, 0.5) is 11.4 Å². The third-order valence-corrected chi connectivity index (χ3v) is 3.71. The molecule has 0 bridgehead atoms. The molecule has 6 heteroatoms. The third kappa shape index (κ3) is 3.20. The van der Waals surface area contributed by atoms with Gasteiger partial charge >= 0.3 is 0 Å². The second-order valence-electron chi connectivity index (χ2n) is 4.19. The summed E-state index contributed by atoms with van der Waals surface area (Å²) in [7, 11) is 0. The molecule has 0 spiro atoms. The minimum atomic E-state index is -0.515. The highest BCUT2D eigenvalue weighted by atomic mass is 79.9. The van der Waals surface area contributed by atoms with Gasteiger partial charge < -0.3 is 10.4 Å². The van der Waals surface area contributed by atoms with Gasteiger partial charge in [0.2, 0.25) is 0 Å². The van der Waals surface area contributed by atoms with Crippen LogP contribution in [0, 0.1) is 10.1 Å². The van der Waals surface area contributed by atoms with Crippen molar-refractivity contribution in [2.75, 3.05) is 11.9 Å². The number of aliphatic hydroxyl groups excluding tert-OH is 1. The Balaban J connectivity index is 3.13. The van der Waals surface area contributed by atoms with Crippen LogP contribution >= 0.6 is 15.9 Å². The van der Waals surface area contributed by atoms with Crippen molar-refractivity contribution >= 4 is 27.3 Å². The van der Waals surface area contributed by atoms with Crippen LogP contribution < -0.4 is 5.32 Å². The number of nitro benzene ring substituents is 1. The summed E-state index contributed by atoms with van der Waals surface area (Å²) in [5, 5.41) is 23.6. The van der Waals surface area contributed by atoms with Crippen molar-refractivity contribution in [1.82, 2.24) is 0 Å². The molecule has 0 aromatic heterocycles. The predicted molar refractivity (Wildman–Crippen MR) is 74.8 cm³/mol. The topological polar surface area (TPSA) is 75.4 Å². The van der Waals surface area contributed by atoms with E-state index in [0.29, 0.717) is 23.0 Å². The molecular formula is C12H17BrN2O3. The summed E-state index contributed by atoms with van der Waals surface area (Å²) in [6.07, 6.45) is 1.38. The highest BCUT2D eigenvalue weighted by Gasteiger charge is 2.27. The van der Waals surface area contributed by atoms with Crippen LogP contribution in [-0.2, 0) is 0 Å². The Bertz CT molecular complexity index is 425. The summed E-state index contributed by atoms with van der Waals surface area (Å²) < 4.78 is 0.655. The maximum Gasteiger partial charge on any atom is 0.293 e. The van der Waals surface area contributed by atoms with E-state index >= 15 is 0 Å². The number of hydrogen-bond acceptors (Lipinski definition) is 4. The average molecular weight is 317 g/mol. The maximum atomic E-state index is 11.0. The van der Waals surface area contributed by atoms with Crippen molar-refractivity contribution in [3.8, 4) is 0 Å². The molecule has 0 saturated heterocycles. The van der Waals surface area contributed by atoms with E-state index in [1.807, 2.05) is 13.8 Å². The third-order valence-electron chi connectivity index (χ3n) is 3.21. The smallest absolute Gasteiger partial charge is 0.293 e. The van der Waals surface area contributed by atoms with Gasteiger partial charge in [-0.15, -0.1) is 0 Å². The van der Waals surface area contributed by atoms with Crippen molar-refractivity contribution < 1.29 is 10.0 Å². The Kier molecular flexibility index (Phi) is 5.10. The Morgan fingerprint density at radius 3 is 2.50 bits per heavy atom. The molecule has 0 saturated carbocycles. The number of nitrogens with zero attached hydrogens (tertiary/aromatic N) is 1. The fourth-order valence-electron chi connectivity index (χ4n) is 1.74. The summed E-state index contributed by atoms with van der Waals surface area (Å²) in [4.78, 5) is 10.6. The molecule has 18 heavy (non-hydrogen) atoms. The van der Waals surface area contributed by atoms with Crippen LogP contribution in [-0.4, -0.2) is 22.2 Å². The molecule has 0 aliphatic carbocycles. The van der Waals surface area contributed by atoms with Gasteiger partial charge in [0.25, 0.3) is 5.69 Å². The first-order valence-electron chi connectivity index (χ1n) is 5.81. The van der Waals surface area contributed by atoms with E-state index in [4.69, 9.17) is 0 Å². The lowest BCUT2D eigenvalue weighted by Gasteiger charge is -2.31. The molecule has 1 rings (SSSR count). The van der Waals surface area contributed by atoms with Crippen LogP contribution in [0.3, 0.4) is 0 Å². The lowest BCUT2D eigenvalue weighted by atomic mass is 9.93. The first kappa shape index (κ1) is 14.9. The molecule has 0 atom stereocenters. The average Bonchev–Trinajstić information content (AvgIpc) is 2.37. The molecule has 0 aliphatic rings. The highest BCUT2D eigenvalue weighted by molar-refractivity contribution is 9.10. The number of rotatable bonds is 6. The summed E-state index contributed by atoms with van der Waals surface area (Å²) in [6.45, 7) is 3.82. The molecule has 0 radical (unpaired) electrons. The molecule has 5 nitrogen and oxygen atoms in total. The van der Waals surface area contributed by atoms with Crippen LogP contribution in [0.25, 0.3) is 0 Å². The maximum absolute atomic E-state index is 11.0. The van der Waals surface area contributed by atoms with Crippen molar-refractivity contribution in [3.63, 3.8) is 0 Å². The molecule has 0 unspecified atom stereocenters. The van der Waals surface area contributed by atoms with E-state index < -0.39 is 10.5 Å². The molecule has 1 aromatic rings. The zero-order valence-corrected chi connectivity index (χ0v) is 12.0. The summed E-state index contributed by atoms with van der Waals surface area (Å²) in [5.74, 6) is 0. The first-order chi connectivity index (χ1) is 8.48. The van der Waals surface area contributed by atoms with Crippen molar-refractivity contribution in [1.29, 1.82) is 0 Å². The van der Waals surface area contributed by atoms with Crippen molar-refractivity contribution in [3.05, 3.63) is 32.8 Å². The molecule has 0 fully saturated rings. The Hall–Kier alpha value is -1.14. The van der Waals surface area contributed by atoms with Gasteiger partial charge in [-0.25, -0.2) is 0 Å². The van der Waals surface area contributed by atoms with E-state index in [-0.39, 0.29) is 12.3 Å². The Morgan fingerprint density at radius 2 is 2.06 bits per heavy atom. The zero-order chi connectivity index (χ0) is 13.8. The van der Waals surface area contributed by atoms with Crippen molar-refractivity contribution in [2.45, 2.75) is 32.2 Å². The predicted octanol–water partition coefficient (Wildman–Crippen LogP) is 3.32. The van der Waals surface area contributed by atoms with Crippen molar-refractivity contribution in [2.24, 2.45) is 0 Å². The lowest BCUT2D eigenvalue weighted by Crippen LogP contribution is -2.41. The highest BCUT2D eigenvalue weighted by Crippen LogP contribution is 2.31. The van der Waals surface area contributed by atoms with Crippen LogP contribution in [0.5, 0.6) is 0 Å². The van der Waals surface area contributed by atoms with Gasteiger partial charge in [0.05, 0.1) is 17.1 Å². The van der Waals surface area contributed by atoms with Crippen LogP contribution in [0.2, 0.25) is 0 Å². The molecule has 100 valence electrons. The van der Waals surface area contributed by atoms with Gasteiger partial charge in [-0.05, 0) is 25.0 Å². The Morgan fingerprint density at radius 1 is 1.44 bits per heavy atom.